The van der Waals surface area contributed by atoms with Gasteiger partial charge in [-0.25, -0.2) is 4.79 Å². The molecule has 0 heterocycles. The van der Waals surface area contributed by atoms with Gasteiger partial charge in [-0.15, -0.1) is 0 Å². The number of hydrogen-bond acceptors (Lipinski definition) is 3. The molecule has 0 spiro atoms. The maximum absolute atomic E-state index is 11.3. The molecular weight excluding hydrogens is 242 g/mol. The molecule has 2 aromatic carbocycles. The van der Waals surface area contributed by atoms with E-state index in [0.717, 1.165) is 11.3 Å². The predicted octanol–water partition coefficient (Wildman–Crippen LogP) is 2.94. The van der Waals surface area contributed by atoms with Crippen LogP contribution in [0.1, 0.15) is 17.2 Å². The number of aliphatic carboxylic acids is 1. The third-order valence-corrected chi connectivity index (χ3v) is 2.81. The van der Waals surface area contributed by atoms with Crippen LogP contribution in [0, 0.1) is 6.92 Å². The van der Waals surface area contributed by atoms with E-state index in [-0.39, 0.29) is 5.75 Å². The summed E-state index contributed by atoms with van der Waals surface area (Å²) in [6.07, 6.45) is 0. The monoisotopic (exact) mass is 257 g/mol. The molecule has 0 amide bonds. The molecule has 0 saturated heterocycles. The fourth-order valence-corrected chi connectivity index (χ4v) is 1.81. The van der Waals surface area contributed by atoms with Gasteiger partial charge in [0, 0.05) is 5.69 Å². The lowest BCUT2D eigenvalue weighted by Crippen LogP contribution is -2.20. The first-order chi connectivity index (χ1) is 9.06. The van der Waals surface area contributed by atoms with Crippen LogP contribution in [0.25, 0.3) is 0 Å². The van der Waals surface area contributed by atoms with Gasteiger partial charge in [0.05, 0.1) is 0 Å². The summed E-state index contributed by atoms with van der Waals surface area (Å²) in [4.78, 5) is 11.3. The highest BCUT2D eigenvalue weighted by atomic mass is 16.4. The molecule has 1 unspecified atom stereocenters. The Bertz CT molecular complexity index is 578. The van der Waals surface area contributed by atoms with Crippen LogP contribution >= 0.6 is 0 Å². The second-order valence-electron chi connectivity index (χ2n) is 4.38. The Balaban J connectivity index is 2.26. The third-order valence-electron chi connectivity index (χ3n) is 2.81. The maximum Gasteiger partial charge on any atom is 0.330 e. The quantitative estimate of drug-likeness (QED) is 0.787. The lowest BCUT2D eigenvalue weighted by molar-refractivity contribution is -0.138. The molecule has 0 aliphatic rings. The van der Waals surface area contributed by atoms with Gasteiger partial charge < -0.3 is 15.5 Å². The van der Waals surface area contributed by atoms with Gasteiger partial charge in [-0.05, 0) is 36.8 Å². The topological polar surface area (TPSA) is 69.6 Å². The average molecular weight is 257 g/mol. The van der Waals surface area contributed by atoms with Crippen molar-refractivity contribution in [2.24, 2.45) is 0 Å². The zero-order valence-corrected chi connectivity index (χ0v) is 10.5. The van der Waals surface area contributed by atoms with Crippen molar-refractivity contribution in [1.29, 1.82) is 0 Å². The van der Waals surface area contributed by atoms with E-state index in [2.05, 4.69) is 5.32 Å². The Morgan fingerprint density at radius 1 is 1.16 bits per heavy atom. The largest absolute Gasteiger partial charge is 0.508 e. The molecule has 0 aliphatic heterocycles. The van der Waals surface area contributed by atoms with Gasteiger partial charge in [-0.3, -0.25) is 0 Å². The fourth-order valence-electron chi connectivity index (χ4n) is 1.81. The zero-order valence-electron chi connectivity index (χ0n) is 10.5. The van der Waals surface area contributed by atoms with Gasteiger partial charge in [0.15, 0.2) is 6.04 Å². The van der Waals surface area contributed by atoms with E-state index in [1.54, 1.807) is 12.1 Å². The molecule has 4 nitrogen and oxygen atoms in total. The maximum atomic E-state index is 11.3. The molecule has 2 aromatic rings. The van der Waals surface area contributed by atoms with Crippen LogP contribution in [0.4, 0.5) is 5.69 Å². The second-order valence-corrected chi connectivity index (χ2v) is 4.38. The third kappa shape index (κ3) is 3.25. The highest BCUT2D eigenvalue weighted by Crippen LogP contribution is 2.23. The summed E-state index contributed by atoms with van der Waals surface area (Å²) in [5, 5.41) is 21.7. The molecule has 0 bridgehead atoms. The van der Waals surface area contributed by atoms with E-state index in [0.29, 0.717) is 5.56 Å². The van der Waals surface area contributed by atoms with Crippen molar-refractivity contribution in [3.63, 3.8) is 0 Å². The van der Waals surface area contributed by atoms with Crippen molar-refractivity contribution in [2.45, 2.75) is 13.0 Å². The number of phenolic OH excluding ortho intramolecular Hbond substituents is 1. The number of carboxylic acid groups (broad SMARTS) is 1. The van der Waals surface area contributed by atoms with Crippen LogP contribution in [0.15, 0.2) is 48.5 Å². The second kappa shape index (κ2) is 5.44. The summed E-state index contributed by atoms with van der Waals surface area (Å²) >= 11 is 0. The van der Waals surface area contributed by atoms with Gasteiger partial charge >= 0.3 is 5.97 Å². The minimum atomic E-state index is -0.994. The number of aryl methyl sites for hydroxylation is 1. The summed E-state index contributed by atoms with van der Waals surface area (Å²) in [6, 6.07) is 12.8. The number of hydrogen-bond donors (Lipinski definition) is 3. The summed E-state index contributed by atoms with van der Waals surface area (Å²) in [5.74, 6) is -0.944. The Labute approximate surface area is 111 Å². The highest BCUT2D eigenvalue weighted by molar-refractivity contribution is 5.79. The molecule has 98 valence electrons. The Morgan fingerprint density at radius 3 is 2.42 bits per heavy atom. The highest BCUT2D eigenvalue weighted by Gasteiger charge is 2.19. The van der Waals surface area contributed by atoms with E-state index in [1.807, 2.05) is 31.2 Å². The summed E-state index contributed by atoms with van der Waals surface area (Å²) in [7, 11) is 0. The van der Waals surface area contributed by atoms with Crippen LogP contribution in [-0.2, 0) is 4.79 Å². The first-order valence-electron chi connectivity index (χ1n) is 5.91. The van der Waals surface area contributed by atoms with Crippen LogP contribution in [0.2, 0.25) is 0 Å². The first-order valence-corrected chi connectivity index (χ1v) is 5.91. The number of carboxylic acids is 1. The molecule has 0 radical (unpaired) electrons. The van der Waals surface area contributed by atoms with E-state index in [1.165, 1.54) is 12.1 Å². The van der Waals surface area contributed by atoms with Crippen molar-refractivity contribution in [2.75, 3.05) is 5.32 Å². The van der Waals surface area contributed by atoms with Crippen LogP contribution < -0.4 is 5.32 Å². The number of carbonyl (C=O) groups is 1. The lowest BCUT2D eigenvalue weighted by Gasteiger charge is -2.16. The molecule has 0 saturated carbocycles. The van der Waals surface area contributed by atoms with Gasteiger partial charge in [0.1, 0.15) is 5.75 Å². The number of aromatic hydroxyl groups is 1. The van der Waals surface area contributed by atoms with E-state index in [9.17, 15) is 15.0 Å². The number of anilines is 1. The van der Waals surface area contributed by atoms with Crippen LogP contribution in [-0.4, -0.2) is 16.2 Å². The smallest absolute Gasteiger partial charge is 0.330 e. The van der Waals surface area contributed by atoms with Crippen molar-refractivity contribution < 1.29 is 15.0 Å². The molecule has 2 rings (SSSR count). The molecule has 19 heavy (non-hydrogen) atoms. The SMILES string of the molecule is Cc1ccc(NC(C(=O)O)c2cccc(O)c2)cc1. The summed E-state index contributed by atoms with van der Waals surface area (Å²) in [6.45, 7) is 1.97. The van der Waals surface area contributed by atoms with Gasteiger partial charge in [-0.1, -0.05) is 29.8 Å². The Morgan fingerprint density at radius 2 is 1.84 bits per heavy atom. The molecule has 4 heteroatoms. The summed E-state index contributed by atoms with van der Waals surface area (Å²) in [5.41, 5.74) is 2.34. The van der Waals surface area contributed by atoms with Gasteiger partial charge in [-0.2, -0.15) is 0 Å². The van der Waals surface area contributed by atoms with Gasteiger partial charge in [0.2, 0.25) is 0 Å². The van der Waals surface area contributed by atoms with E-state index >= 15 is 0 Å². The van der Waals surface area contributed by atoms with Crippen molar-refractivity contribution in [3.05, 3.63) is 59.7 Å². The average Bonchev–Trinajstić information content (AvgIpc) is 2.37. The normalized spacial score (nSPS) is 11.8. The van der Waals surface area contributed by atoms with Crippen molar-refractivity contribution >= 4 is 11.7 Å². The number of phenols is 1. The van der Waals surface area contributed by atoms with Crippen LogP contribution in [0.5, 0.6) is 5.75 Å². The van der Waals surface area contributed by atoms with Gasteiger partial charge in [0.25, 0.3) is 0 Å². The first kappa shape index (κ1) is 13.0. The minimum Gasteiger partial charge on any atom is -0.508 e. The molecule has 0 fully saturated rings. The molecule has 1 atom stereocenters. The Kier molecular flexibility index (Phi) is 3.71. The molecule has 3 N–H and O–H groups in total. The predicted molar refractivity (Wildman–Crippen MR) is 73.3 cm³/mol. The van der Waals surface area contributed by atoms with Crippen LogP contribution in [0.3, 0.4) is 0 Å². The lowest BCUT2D eigenvalue weighted by atomic mass is 10.1. The standard InChI is InChI=1S/C15H15NO3/c1-10-5-7-12(8-6-10)16-14(15(18)19)11-3-2-4-13(17)9-11/h2-9,14,16-17H,1H3,(H,18,19). The van der Waals surface area contributed by atoms with Crippen molar-refractivity contribution in [3.8, 4) is 5.75 Å². The van der Waals surface area contributed by atoms with E-state index in [4.69, 9.17) is 0 Å². The minimum absolute atomic E-state index is 0.0504. The zero-order chi connectivity index (χ0) is 13.8. The van der Waals surface area contributed by atoms with E-state index < -0.39 is 12.0 Å². The molecular formula is C15H15NO3. The Hall–Kier alpha value is -2.49. The molecule has 0 aliphatic carbocycles. The summed E-state index contributed by atoms with van der Waals surface area (Å²) < 4.78 is 0. The molecule has 0 aromatic heterocycles. The van der Waals surface area contributed by atoms with Crippen molar-refractivity contribution in [1.82, 2.24) is 0 Å². The number of benzene rings is 2. The fraction of sp³-hybridized carbons (Fsp3) is 0.133. The number of rotatable bonds is 4. The number of nitrogens with one attached hydrogen (secondary N) is 1.